The summed E-state index contributed by atoms with van der Waals surface area (Å²) >= 11 is 0. The van der Waals surface area contributed by atoms with E-state index in [1.807, 2.05) is 32.6 Å². The van der Waals surface area contributed by atoms with Crippen LogP contribution in [-0.4, -0.2) is 51.1 Å². The SMILES string of the molecule is C[C@H](CC(=O)[C@H](CC(=O)N1CCCC[C@@H]1C)NC(=O)CCC(C)(C)C)c1ncc(-c2ccc(F)cc2F)[nH]1. The van der Waals surface area contributed by atoms with Crippen molar-refractivity contribution in [3.63, 3.8) is 0 Å². The molecule has 0 bridgehead atoms. The summed E-state index contributed by atoms with van der Waals surface area (Å²) in [5.41, 5.74) is 0.512. The highest BCUT2D eigenvalue weighted by atomic mass is 19.1. The molecule has 2 amide bonds. The van der Waals surface area contributed by atoms with Gasteiger partial charge in [0.2, 0.25) is 11.8 Å². The molecule has 2 aromatic rings. The quantitative estimate of drug-likeness (QED) is 0.423. The number of carbonyl (C=O) groups is 3. The highest BCUT2D eigenvalue weighted by molar-refractivity contribution is 5.93. The third-order valence-corrected chi connectivity index (χ3v) is 7.12. The van der Waals surface area contributed by atoms with Gasteiger partial charge in [0.15, 0.2) is 5.78 Å². The summed E-state index contributed by atoms with van der Waals surface area (Å²) in [5.74, 6) is -1.94. The van der Waals surface area contributed by atoms with Gasteiger partial charge in [-0.1, -0.05) is 27.7 Å². The predicted octanol–water partition coefficient (Wildman–Crippen LogP) is 5.52. The van der Waals surface area contributed by atoms with Crippen molar-refractivity contribution in [3.8, 4) is 11.3 Å². The van der Waals surface area contributed by atoms with Gasteiger partial charge in [-0.15, -0.1) is 0 Å². The number of halogens is 2. The monoisotopic (exact) mass is 530 g/mol. The number of nitrogens with zero attached hydrogens (tertiary/aromatic N) is 2. The number of rotatable bonds is 10. The first-order valence-electron chi connectivity index (χ1n) is 13.5. The Morgan fingerprint density at radius 1 is 1.18 bits per heavy atom. The lowest BCUT2D eigenvalue weighted by Crippen LogP contribution is -2.48. The van der Waals surface area contributed by atoms with Gasteiger partial charge in [0.25, 0.3) is 0 Å². The molecule has 3 atom stereocenters. The van der Waals surface area contributed by atoms with Gasteiger partial charge in [-0.3, -0.25) is 14.4 Å². The Morgan fingerprint density at radius 3 is 2.58 bits per heavy atom. The lowest BCUT2D eigenvalue weighted by Gasteiger charge is -2.34. The molecule has 1 aromatic carbocycles. The summed E-state index contributed by atoms with van der Waals surface area (Å²) in [6.45, 7) is 10.6. The van der Waals surface area contributed by atoms with E-state index in [1.54, 1.807) is 6.92 Å². The summed E-state index contributed by atoms with van der Waals surface area (Å²) < 4.78 is 27.5. The van der Waals surface area contributed by atoms with Crippen molar-refractivity contribution in [3.05, 3.63) is 41.9 Å². The van der Waals surface area contributed by atoms with E-state index in [9.17, 15) is 23.2 Å². The zero-order valence-corrected chi connectivity index (χ0v) is 23.1. The number of Topliss-reactive ketones (excluding diaryl/α,β-unsaturated/α-hetero) is 1. The van der Waals surface area contributed by atoms with Crippen molar-refractivity contribution >= 4 is 17.6 Å². The lowest BCUT2D eigenvalue weighted by atomic mass is 9.90. The number of hydrogen-bond donors (Lipinski definition) is 2. The highest BCUT2D eigenvalue weighted by Crippen LogP contribution is 2.26. The number of amides is 2. The van der Waals surface area contributed by atoms with Gasteiger partial charge in [0.05, 0.1) is 24.4 Å². The molecule has 3 rings (SSSR count). The Kier molecular flexibility index (Phi) is 9.79. The standard InChI is InChI=1S/C29H40F2N4O3/c1-18(28-32-17-24(34-28)21-10-9-20(30)15-22(21)31)14-25(36)23(33-26(37)11-12-29(3,4)5)16-27(38)35-13-7-6-8-19(35)2/h9-10,15,17-19,23H,6-8,11-14,16H2,1-5H3,(H,32,34)(H,33,37)/t18-,19+,23+/m1/s1. The Hall–Kier alpha value is -3.10. The molecular formula is C29H40F2N4O3. The number of piperidine rings is 1. The van der Waals surface area contributed by atoms with Crippen LogP contribution in [0.25, 0.3) is 11.3 Å². The van der Waals surface area contributed by atoms with Crippen LogP contribution < -0.4 is 5.32 Å². The van der Waals surface area contributed by atoms with E-state index < -0.39 is 17.7 Å². The third-order valence-electron chi connectivity index (χ3n) is 7.12. The molecule has 0 spiro atoms. The van der Waals surface area contributed by atoms with Gasteiger partial charge in [0.1, 0.15) is 17.5 Å². The Bertz CT molecular complexity index is 1140. The van der Waals surface area contributed by atoms with E-state index in [2.05, 4.69) is 15.3 Å². The second-order valence-corrected chi connectivity index (χ2v) is 11.7. The fourth-order valence-corrected chi connectivity index (χ4v) is 4.73. The minimum Gasteiger partial charge on any atom is -0.346 e. The van der Waals surface area contributed by atoms with Crippen LogP contribution in [-0.2, 0) is 14.4 Å². The molecule has 0 aliphatic carbocycles. The van der Waals surface area contributed by atoms with Crippen LogP contribution in [0.15, 0.2) is 24.4 Å². The van der Waals surface area contributed by atoms with Crippen LogP contribution in [0.1, 0.15) is 91.3 Å². The van der Waals surface area contributed by atoms with Gasteiger partial charge in [-0.2, -0.15) is 0 Å². The van der Waals surface area contributed by atoms with E-state index >= 15 is 0 Å². The minimum absolute atomic E-state index is 0.0336. The smallest absolute Gasteiger partial charge is 0.225 e. The molecule has 1 aliphatic rings. The van der Waals surface area contributed by atoms with Crippen LogP contribution in [0.3, 0.4) is 0 Å². The molecule has 2 heterocycles. The van der Waals surface area contributed by atoms with Gasteiger partial charge < -0.3 is 15.2 Å². The number of carbonyl (C=O) groups excluding carboxylic acids is 3. The topological polar surface area (TPSA) is 95.2 Å². The molecule has 1 aromatic heterocycles. The number of ketones is 1. The normalized spacial score (nSPS) is 17.7. The van der Waals surface area contributed by atoms with Crippen LogP contribution in [0.5, 0.6) is 0 Å². The second-order valence-electron chi connectivity index (χ2n) is 11.7. The van der Waals surface area contributed by atoms with Crippen molar-refractivity contribution in [2.45, 2.75) is 97.6 Å². The Morgan fingerprint density at radius 2 is 1.92 bits per heavy atom. The van der Waals surface area contributed by atoms with Crippen LogP contribution in [0, 0.1) is 17.0 Å². The van der Waals surface area contributed by atoms with E-state index in [-0.39, 0.29) is 59.8 Å². The molecule has 1 aliphatic heterocycles. The van der Waals surface area contributed by atoms with Crippen LogP contribution >= 0.6 is 0 Å². The molecule has 1 saturated heterocycles. The van der Waals surface area contributed by atoms with E-state index in [0.29, 0.717) is 24.5 Å². The minimum atomic E-state index is -0.935. The van der Waals surface area contributed by atoms with E-state index in [0.717, 1.165) is 25.3 Å². The molecule has 0 saturated carbocycles. The maximum absolute atomic E-state index is 14.2. The second kappa shape index (κ2) is 12.6. The summed E-state index contributed by atoms with van der Waals surface area (Å²) in [7, 11) is 0. The number of H-pyrrole nitrogens is 1. The number of aromatic amines is 1. The molecule has 9 heteroatoms. The van der Waals surface area contributed by atoms with Gasteiger partial charge in [-0.25, -0.2) is 13.8 Å². The van der Waals surface area contributed by atoms with E-state index in [4.69, 9.17) is 0 Å². The molecule has 38 heavy (non-hydrogen) atoms. The molecule has 7 nitrogen and oxygen atoms in total. The number of likely N-dealkylation sites (tertiary alicyclic amines) is 1. The van der Waals surface area contributed by atoms with Crippen molar-refractivity contribution < 1.29 is 23.2 Å². The van der Waals surface area contributed by atoms with Crippen molar-refractivity contribution in [1.82, 2.24) is 20.2 Å². The van der Waals surface area contributed by atoms with Crippen molar-refractivity contribution in [1.29, 1.82) is 0 Å². The number of benzene rings is 1. The summed E-state index contributed by atoms with van der Waals surface area (Å²) in [4.78, 5) is 48.4. The average Bonchev–Trinajstić information content (AvgIpc) is 3.32. The Labute approximate surface area is 223 Å². The number of aromatic nitrogens is 2. The van der Waals surface area contributed by atoms with Crippen LogP contribution in [0.2, 0.25) is 0 Å². The number of nitrogens with one attached hydrogen (secondary N) is 2. The molecule has 0 unspecified atom stereocenters. The maximum atomic E-state index is 14.2. The molecule has 208 valence electrons. The summed E-state index contributed by atoms with van der Waals surface area (Å²) in [6.07, 6.45) is 5.24. The third kappa shape index (κ3) is 8.20. The van der Waals surface area contributed by atoms with Gasteiger partial charge in [-0.05, 0) is 50.2 Å². The summed E-state index contributed by atoms with van der Waals surface area (Å²) in [6, 6.07) is 2.47. The molecule has 1 fully saturated rings. The zero-order chi connectivity index (χ0) is 28.0. The fraction of sp³-hybridized carbons (Fsp3) is 0.586. The van der Waals surface area contributed by atoms with Crippen LogP contribution in [0.4, 0.5) is 8.78 Å². The number of imidazole rings is 1. The van der Waals surface area contributed by atoms with Gasteiger partial charge in [0, 0.05) is 43.0 Å². The first-order chi connectivity index (χ1) is 17.8. The highest BCUT2D eigenvalue weighted by Gasteiger charge is 2.31. The molecule has 2 N–H and O–H groups in total. The fourth-order valence-electron chi connectivity index (χ4n) is 4.73. The Balaban J connectivity index is 1.71. The number of hydrogen-bond acceptors (Lipinski definition) is 4. The van der Waals surface area contributed by atoms with Gasteiger partial charge >= 0.3 is 0 Å². The maximum Gasteiger partial charge on any atom is 0.225 e. The average molecular weight is 531 g/mol. The summed E-state index contributed by atoms with van der Waals surface area (Å²) in [5, 5.41) is 2.82. The first-order valence-corrected chi connectivity index (χ1v) is 13.5. The largest absolute Gasteiger partial charge is 0.346 e. The first kappa shape index (κ1) is 29.5. The lowest BCUT2D eigenvalue weighted by molar-refractivity contribution is -0.138. The van der Waals surface area contributed by atoms with Crippen molar-refractivity contribution in [2.75, 3.05) is 6.54 Å². The molecule has 0 radical (unpaired) electrons. The zero-order valence-electron chi connectivity index (χ0n) is 23.1. The molecular weight excluding hydrogens is 490 g/mol. The van der Waals surface area contributed by atoms with E-state index in [1.165, 1.54) is 18.3 Å². The van der Waals surface area contributed by atoms with Crippen molar-refractivity contribution in [2.24, 2.45) is 5.41 Å². The predicted molar refractivity (Wildman–Crippen MR) is 142 cm³/mol.